The summed E-state index contributed by atoms with van der Waals surface area (Å²) in [5.41, 5.74) is 0.0478. The summed E-state index contributed by atoms with van der Waals surface area (Å²) in [5.74, 6) is -1.44. The Morgan fingerprint density at radius 2 is 1.84 bits per heavy atom. The van der Waals surface area contributed by atoms with E-state index in [4.69, 9.17) is 18.9 Å². The molecule has 7 nitrogen and oxygen atoms in total. The van der Waals surface area contributed by atoms with Crippen molar-refractivity contribution in [2.24, 2.45) is 0 Å². The van der Waals surface area contributed by atoms with Crippen LogP contribution < -0.4 is 9.47 Å². The van der Waals surface area contributed by atoms with E-state index in [9.17, 15) is 14.7 Å². The Kier molecular flexibility index (Phi) is 3.99. The average molecular weight is 348 g/mol. The van der Waals surface area contributed by atoms with E-state index in [0.717, 1.165) is 0 Å². The molecular weight excluding hydrogens is 328 g/mol. The summed E-state index contributed by atoms with van der Waals surface area (Å²) in [7, 11) is 1.50. The topological polar surface area (TPSA) is 91.3 Å². The van der Waals surface area contributed by atoms with Gasteiger partial charge in [0.1, 0.15) is 22.7 Å². The first-order chi connectivity index (χ1) is 11.7. The van der Waals surface area contributed by atoms with Crippen LogP contribution in [-0.2, 0) is 14.3 Å². The molecule has 1 aromatic carbocycles. The van der Waals surface area contributed by atoms with Gasteiger partial charge >= 0.3 is 11.9 Å². The van der Waals surface area contributed by atoms with Crippen molar-refractivity contribution in [2.75, 3.05) is 13.7 Å². The van der Waals surface area contributed by atoms with Crippen molar-refractivity contribution in [1.29, 1.82) is 0 Å². The minimum Gasteiger partial charge on any atom is -0.497 e. The molecule has 134 valence electrons. The van der Waals surface area contributed by atoms with Crippen LogP contribution in [0.5, 0.6) is 11.5 Å². The summed E-state index contributed by atoms with van der Waals surface area (Å²) in [6.07, 6.45) is 1.51. The van der Waals surface area contributed by atoms with Crippen molar-refractivity contribution in [3.63, 3.8) is 0 Å². The largest absolute Gasteiger partial charge is 0.497 e. The van der Waals surface area contributed by atoms with Crippen molar-refractivity contribution >= 4 is 17.5 Å². The summed E-state index contributed by atoms with van der Waals surface area (Å²) in [5, 5.41) is 9.34. The van der Waals surface area contributed by atoms with Crippen LogP contribution in [0.25, 0.3) is 5.57 Å². The van der Waals surface area contributed by atoms with Gasteiger partial charge in [-0.2, -0.15) is 0 Å². The van der Waals surface area contributed by atoms with Crippen LogP contribution in [0.1, 0.15) is 43.1 Å². The number of benzene rings is 1. The Bertz CT molecular complexity index is 778. The van der Waals surface area contributed by atoms with Gasteiger partial charge in [0.25, 0.3) is 0 Å². The maximum absolute atomic E-state index is 12.6. The smallest absolute Gasteiger partial charge is 0.345 e. The Morgan fingerprint density at radius 1 is 1.12 bits per heavy atom. The van der Waals surface area contributed by atoms with Crippen LogP contribution in [0.15, 0.2) is 18.2 Å². The maximum Gasteiger partial charge on any atom is 0.345 e. The molecule has 0 saturated carbocycles. The first-order valence-electron chi connectivity index (χ1n) is 7.90. The molecule has 2 heterocycles. The molecule has 0 bridgehead atoms. The summed E-state index contributed by atoms with van der Waals surface area (Å²) in [6, 6.07) is 3.23. The fourth-order valence-corrected chi connectivity index (χ4v) is 3.11. The Balaban J connectivity index is 2.22. The van der Waals surface area contributed by atoms with Crippen molar-refractivity contribution in [3.8, 4) is 11.5 Å². The fourth-order valence-electron chi connectivity index (χ4n) is 3.11. The molecule has 3 rings (SSSR count). The third kappa shape index (κ3) is 2.95. The standard InChI is InChI=1S/C18H20O7/c1-17(2)23-13-8-10(22-4)7-11(15(13)16(21)25-17)12-9-14(20)24-18(12,3)5-6-19/h7-9,19H,5-6H2,1-4H3. The number of hydrogen-bond acceptors (Lipinski definition) is 7. The van der Waals surface area contributed by atoms with E-state index in [1.165, 1.54) is 13.2 Å². The highest BCUT2D eigenvalue weighted by molar-refractivity contribution is 6.05. The van der Waals surface area contributed by atoms with Crippen LogP contribution in [0.4, 0.5) is 0 Å². The summed E-state index contributed by atoms with van der Waals surface area (Å²) in [4.78, 5) is 24.4. The van der Waals surface area contributed by atoms with Gasteiger partial charge in [0.05, 0.1) is 7.11 Å². The first-order valence-corrected chi connectivity index (χ1v) is 7.90. The van der Waals surface area contributed by atoms with Gasteiger partial charge in [0.15, 0.2) is 0 Å². The molecule has 0 saturated heterocycles. The molecule has 2 aliphatic heterocycles. The second-order valence-electron chi connectivity index (χ2n) is 6.62. The molecule has 7 heteroatoms. The second kappa shape index (κ2) is 5.77. The number of methoxy groups -OCH3 is 1. The van der Waals surface area contributed by atoms with E-state index >= 15 is 0 Å². The van der Waals surface area contributed by atoms with E-state index < -0.39 is 23.3 Å². The molecule has 1 aromatic rings. The van der Waals surface area contributed by atoms with Crippen molar-refractivity contribution in [3.05, 3.63) is 29.3 Å². The molecule has 0 amide bonds. The van der Waals surface area contributed by atoms with E-state index in [1.807, 2.05) is 0 Å². The quantitative estimate of drug-likeness (QED) is 0.833. The number of ether oxygens (including phenoxy) is 4. The van der Waals surface area contributed by atoms with E-state index in [1.54, 1.807) is 32.9 Å². The molecule has 0 radical (unpaired) electrons. The number of esters is 2. The van der Waals surface area contributed by atoms with Crippen molar-refractivity contribution in [1.82, 2.24) is 0 Å². The highest BCUT2D eigenvalue weighted by Crippen LogP contribution is 2.45. The van der Waals surface area contributed by atoms with Gasteiger partial charge in [-0.25, -0.2) is 9.59 Å². The monoisotopic (exact) mass is 348 g/mol. The van der Waals surface area contributed by atoms with Gasteiger partial charge < -0.3 is 24.1 Å². The van der Waals surface area contributed by atoms with Gasteiger partial charge in [0.2, 0.25) is 5.79 Å². The number of rotatable bonds is 4. The Hall–Kier alpha value is -2.54. The zero-order chi connectivity index (χ0) is 18.4. The molecule has 1 unspecified atom stereocenters. The lowest BCUT2D eigenvalue weighted by Crippen LogP contribution is -2.39. The molecular formula is C18H20O7. The molecule has 0 spiro atoms. The molecule has 0 aliphatic carbocycles. The zero-order valence-corrected chi connectivity index (χ0v) is 14.5. The summed E-state index contributed by atoms with van der Waals surface area (Å²) >= 11 is 0. The lowest BCUT2D eigenvalue weighted by Gasteiger charge is -2.34. The molecule has 2 aliphatic rings. The maximum atomic E-state index is 12.6. The number of hydrogen-bond donors (Lipinski definition) is 1. The van der Waals surface area contributed by atoms with Crippen molar-refractivity contribution < 1.29 is 33.6 Å². The van der Waals surface area contributed by atoms with Gasteiger partial charge in [-0.1, -0.05) is 0 Å². The Morgan fingerprint density at radius 3 is 2.48 bits per heavy atom. The minimum absolute atomic E-state index is 0.179. The van der Waals surface area contributed by atoms with Crippen LogP contribution in [0, 0.1) is 0 Å². The lowest BCUT2D eigenvalue weighted by atomic mass is 9.85. The number of aliphatic hydroxyl groups is 1. The number of cyclic esters (lactones) is 2. The third-order valence-corrected chi connectivity index (χ3v) is 4.25. The number of fused-ring (bicyclic) bond motifs is 1. The molecule has 0 aromatic heterocycles. The highest BCUT2D eigenvalue weighted by Gasteiger charge is 2.44. The van der Waals surface area contributed by atoms with E-state index in [-0.39, 0.29) is 18.6 Å². The van der Waals surface area contributed by atoms with Gasteiger partial charge in [-0.15, -0.1) is 0 Å². The van der Waals surface area contributed by atoms with Gasteiger partial charge in [-0.3, -0.25) is 0 Å². The predicted octanol–water partition coefficient (Wildman–Crippen LogP) is 2.06. The third-order valence-electron chi connectivity index (χ3n) is 4.25. The Labute approximate surface area is 145 Å². The van der Waals surface area contributed by atoms with Crippen LogP contribution >= 0.6 is 0 Å². The normalized spacial score (nSPS) is 24.0. The fraction of sp³-hybridized carbons (Fsp3) is 0.444. The minimum atomic E-state index is -1.11. The van der Waals surface area contributed by atoms with Crippen LogP contribution in [-0.4, -0.2) is 42.1 Å². The molecule has 25 heavy (non-hydrogen) atoms. The van der Waals surface area contributed by atoms with E-state index in [2.05, 4.69) is 0 Å². The van der Waals surface area contributed by atoms with Crippen molar-refractivity contribution in [2.45, 2.75) is 38.6 Å². The average Bonchev–Trinajstić information content (AvgIpc) is 2.79. The molecule has 1 N–H and O–H groups in total. The van der Waals surface area contributed by atoms with Crippen LogP contribution in [0.2, 0.25) is 0 Å². The van der Waals surface area contributed by atoms with E-state index in [0.29, 0.717) is 22.6 Å². The highest BCUT2D eigenvalue weighted by atomic mass is 16.7. The number of carbonyl (C=O) groups is 2. The summed E-state index contributed by atoms with van der Waals surface area (Å²) in [6.45, 7) is 4.76. The number of aliphatic hydroxyl groups excluding tert-OH is 1. The first kappa shape index (κ1) is 17.3. The molecule has 0 fully saturated rings. The number of carbonyl (C=O) groups excluding carboxylic acids is 2. The predicted molar refractivity (Wildman–Crippen MR) is 87.3 cm³/mol. The summed E-state index contributed by atoms with van der Waals surface area (Å²) < 4.78 is 21.8. The SMILES string of the molecule is COc1cc2c(c(C3=CC(=O)OC3(C)CCO)c1)C(=O)OC(C)(C)O2. The second-order valence-corrected chi connectivity index (χ2v) is 6.62. The van der Waals surface area contributed by atoms with Crippen LogP contribution in [0.3, 0.4) is 0 Å². The zero-order valence-electron chi connectivity index (χ0n) is 14.5. The molecule has 1 atom stereocenters. The van der Waals surface area contributed by atoms with Gasteiger partial charge in [-0.05, 0) is 13.0 Å². The lowest BCUT2D eigenvalue weighted by molar-refractivity contribution is -0.144. The van der Waals surface area contributed by atoms with Gasteiger partial charge in [0, 0.05) is 50.2 Å².